The lowest BCUT2D eigenvalue weighted by Gasteiger charge is -2.31. The van der Waals surface area contributed by atoms with E-state index in [4.69, 9.17) is 9.97 Å². The van der Waals surface area contributed by atoms with E-state index in [-0.39, 0.29) is 31.8 Å². The molecule has 0 N–H and O–H groups in total. The largest absolute Gasteiger partial charge is 0.338 e. The first-order valence-electron chi connectivity index (χ1n) is 10.9. The number of hydrogen-bond acceptors (Lipinski definition) is 8. The van der Waals surface area contributed by atoms with Gasteiger partial charge in [0, 0.05) is 63.4 Å². The number of aromatic nitrogens is 8. The van der Waals surface area contributed by atoms with Crippen LogP contribution in [0.1, 0.15) is 22.5 Å². The summed E-state index contributed by atoms with van der Waals surface area (Å²) in [6, 6.07) is 5.39. The molecule has 0 atom stereocenters. The van der Waals surface area contributed by atoms with Gasteiger partial charge in [0.2, 0.25) is 5.65 Å². The Balaban J connectivity index is 1.46. The molecule has 5 aromatic heterocycles. The van der Waals surface area contributed by atoms with Crippen molar-refractivity contribution in [2.45, 2.75) is 18.8 Å². The molecule has 1 aliphatic rings. The van der Waals surface area contributed by atoms with Crippen LogP contribution in [0.25, 0.3) is 44.2 Å². The first-order valence-corrected chi connectivity index (χ1v) is 11.7. The van der Waals surface area contributed by atoms with Gasteiger partial charge in [-0.3, -0.25) is 9.48 Å². The molecule has 1 fully saturated rings. The predicted molar refractivity (Wildman–Crippen MR) is 125 cm³/mol. The van der Waals surface area contributed by atoms with E-state index < -0.39 is 5.92 Å². The van der Waals surface area contributed by atoms with Crippen LogP contribution in [0, 0.1) is 0 Å². The maximum Gasteiger partial charge on any atom is 0.264 e. The van der Waals surface area contributed by atoms with Gasteiger partial charge in [0.15, 0.2) is 5.82 Å². The maximum atomic E-state index is 13.6. The van der Waals surface area contributed by atoms with Gasteiger partial charge in [-0.1, -0.05) is 0 Å². The Kier molecular flexibility index (Phi) is 4.85. The topological polar surface area (TPSA) is 108 Å². The molecule has 0 aromatic carbocycles. The van der Waals surface area contributed by atoms with E-state index in [1.807, 2.05) is 19.2 Å². The summed E-state index contributed by atoms with van der Waals surface area (Å²) in [7, 11) is 3.53. The molecule has 10 nitrogen and oxygen atoms in total. The highest BCUT2D eigenvalue weighted by Crippen LogP contribution is 2.35. The number of nitrogens with zero attached hydrogens (tertiary/aromatic N) is 9. The fourth-order valence-electron chi connectivity index (χ4n) is 4.18. The quantitative estimate of drug-likeness (QED) is 0.378. The second-order valence-electron chi connectivity index (χ2n) is 8.47. The summed E-state index contributed by atoms with van der Waals surface area (Å²) in [4.78, 5) is 31.0. The fourth-order valence-corrected chi connectivity index (χ4v) is 5.18. The summed E-state index contributed by atoms with van der Waals surface area (Å²) in [5.74, 6) is -2.57. The third-order valence-electron chi connectivity index (χ3n) is 6.05. The number of likely N-dealkylation sites (tertiary alicyclic amines) is 1. The van der Waals surface area contributed by atoms with Gasteiger partial charge in [-0.05, 0) is 18.2 Å². The molecule has 1 saturated heterocycles. The van der Waals surface area contributed by atoms with Crippen molar-refractivity contribution in [3.8, 4) is 22.8 Å². The number of alkyl halides is 2. The highest BCUT2D eigenvalue weighted by molar-refractivity contribution is 7.20. The first kappa shape index (κ1) is 21.6. The minimum absolute atomic E-state index is 0.0232. The van der Waals surface area contributed by atoms with Gasteiger partial charge in [-0.25, -0.2) is 23.7 Å². The van der Waals surface area contributed by atoms with Crippen LogP contribution in [0.4, 0.5) is 8.78 Å². The Hall–Kier alpha value is -3.87. The summed E-state index contributed by atoms with van der Waals surface area (Å²) in [5, 5.41) is 13.5. The van der Waals surface area contributed by atoms with Gasteiger partial charge >= 0.3 is 0 Å². The molecule has 1 amide bonds. The summed E-state index contributed by atoms with van der Waals surface area (Å²) >= 11 is 1.22. The molecule has 5 aromatic rings. The van der Waals surface area contributed by atoms with Crippen LogP contribution in [0.5, 0.6) is 0 Å². The second-order valence-corrected chi connectivity index (χ2v) is 9.50. The smallest absolute Gasteiger partial charge is 0.264 e. The number of aryl methyl sites for hydroxylation is 2. The number of halogens is 2. The van der Waals surface area contributed by atoms with Crippen molar-refractivity contribution < 1.29 is 13.6 Å². The fraction of sp³-hybridized carbons (Fsp3) is 0.318. The predicted octanol–water partition coefficient (Wildman–Crippen LogP) is 3.31. The Morgan fingerprint density at radius 2 is 1.91 bits per heavy atom. The van der Waals surface area contributed by atoms with Crippen LogP contribution in [0.15, 0.2) is 30.6 Å². The van der Waals surface area contributed by atoms with E-state index in [1.165, 1.54) is 21.0 Å². The third-order valence-corrected chi connectivity index (χ3v) is 7.06. The molecule has 13 heteroatoms. The average Bonchev–Trinajstić information content (AvgIpc) is 3.54. The molecule has 0 bridgehead atoms. The zero-order valence-corrected chi connectivity index (χ0v) is 19.6. The Bertz CT molecular complexity index is 1600. The Morgan fingerprint density at radius 3 is 2.66 bits per heavy atom. The Morgan fingerprint density at radius 1 is 1.11 bits per heavy atom. The standard InChI is InChI=1S/C22H19F2N9OS/c1-31-15(3-6-26-31)17-13-10-16(21(34)33-7-4-22(23,24)5-8-33)35-20(13)28-18(27-17)12-9-14-19(25-11-12)30-32(2)29-14/h3,6,9-11H,4-5,7-8H2,1-2H3. The minimum Gasteiger partial charge on any atom is -0.338 e. The highest BCUT2D eigenvalue weighted by atomic mass is 32.1. The van der Waals surface area contributed by atoms with Crippen LogP contribution in [0.2, 0.25) is 0 Å². The molecule has 6 rings (SSSR count). The molecule has 0 spiro atoms. The maximum absolute atomic E-state index is 13.6. The lowest BCUT2D eigenvalue weighted by atomic mass is 10.1. The van der Waals surface area contributed by atoms with Gasteiger partial charge < -0.3 is 4.90 Å². The molecular formula is C22H19F2N9OS. The lowest BCUT2D eigenvalue weighted by Crippen LogP contribution is -2.42. The van der Waals surface area contributed by atoms with Crippen LogP contribution >= 0.6 is 11.3 Å². The molecule has 0 radical (unpaired) electrons. The number of piperidine rings is 1. The average molecular weight is 496 g/mol. The molecule has 0 saturated carbocycles. The van der Waals surface area contributed by atoms with Crippen LogP contribution in [-0.2, 0) is 14.1 Å². The van der Waals surface area contributed by atoms with Crippen molar-refractivity contribution in [2.24, 2.45) is 14.1 Å². The number of hydrogen-bond donors (Lipinski definition) is 0. The van der Waals surface area contributed by atoms with E-state index in [9.17, 15) is 13.6 Å². The number of amides is 1. The van der Waals surface area contributed by atoms with E-state index in [0.29, 0.717) is 43.3 Å². The second kappa shape index (κ2) is 7.83. The van der Waals surface area contributed by atoms with Gasteiger partial charge in [0.25, 0.3) is 11.8 Å². The van der Waals surface area contributed by atoms with Crippen molar-refractivity contribution in [3.05, 3.63) is 35.5 Å². The van der Waals surface area contributed by atoms with Crippen LogP contribution in [0.3, 0.4) is 0 Å². The van der Waals surface area contributed by atoms with Crippen LogP contribution in [-0.4, -0.2) is 69.5 Å². The van der Waals surface area contributed by atoms with Gasteiger partial charge in [0.1, 0.15) is 16.0 Å². The molecule has 0 aliphatic carbocycles. The van der Waals surface area contributed by atoms with E-state index in [2.05, 4.69) is 20.3 Å². The van der Waals surface area contributed by atoms with E-state index in [1.54, 1.807) is 30.2 Å². The summed E-state index contributed by atoms with van der Waals surface area (Å²) < 4.78 is 28.9. The van der Waals surface area contributed by atoms with E-state index in [0.717, 1.165) is 5.69 Å². The van der Waals surface area contributed by atoms with Crippen molar-refractivity contribution in [2.75, 3.05) is 13.1 Å². The molecule has 35 heavy (non-hydrogen) atoms. The van der Waals surface area contributed by atoms with Gasteiger partial charge in [-0.15, -0.1) is 16.4 Å². The summed E-state index contributed by atoms with van der Waals surface area (Å²) in [6.07, 6.45) is 2.65. The number of carbonyl (C=O) groups excluding carboxylic acids is 1. The number of rotatable bonds is 3. The van der Waals surface area contributed by atoms with Crippen molar-refractivity contribution in [3.63, 3.8) is 0 Å². The molecule has 0 unspecified atom stereocenters. The van der Waals surface area contributed by atoms with Crippen molar-refractivity contribution in [1.29, 1.82) is 0 Å². The zero-order chi connectivity index (χ0) is 24.3. The number of pyridine rings is 1. The zero-order valence-electron chi connectivity index (χ0n) is 18.8. The number of fused-ring (bicyclic) bond motifs is 2. The lowest BCUT2D eigenvalue weighted by molar-refractivity contribution is -0.0493. The summed E-state index contributed by atoms with van der Waals surface area (Å²) in [6.45, 7) is 0.0464. The number of thiophene rings is 1. The normalized spacial score (nSPS) is 15.8. The van der Waals surface area contributed by atoms with Gasteiger partial charge in [0.05, 0.1) is 10.6 Å². The van der Waals surface area contributed by atoms with Crippen LogP contribution < -0.4 is 0 Å². The van der Waals surface area contributed by atoms with Gasteiger partial charge in [-0.2, -0.15) is 15.0 Å². The van der Waals surface area contributed by atoms with E-state index >= 15 is 0 Å². The van der Waals surface area contributed by atoms with Crippen molar-refractivity contribution >= 4 is 38.6 Å². The van der Waals surface area contributed by atoms with Crippen molar-refractivity contribution in [1.82, 2.24) is 44.6 Å². The number of carbonyl (C=O) groups is 1. The SMILES string of the molecule is Cn1nc2cc(-c3nc(-c4ccnn4C)c4cc(C(=O)N5CCC(F)(F)CC5)sc4n3)cnc2n1. The molecule has 1 aliphatic heterocycles. The first-order chi connectivity index (χ1) is 16.8. The molecular weight excluding hydrogens is 476 g/mol. The Labute approximate surface area is 201 Å². The minimum atomic E-state index is -2.72. The monoisotopic (exact) mass is 495 g/mol. The highest BCUT2D eigenvalue weighted by Gasteiger charge is 2.36. The third kappa shape index (κ3) is 3.81. The summed E-state index contributed by atoms with van der Waals surface area (Å²) in [5.41, 5.74) is 3.15. The molecule has 178 valence electrons. The molecule has 6 heterocycles.